The zero-order chi connectivity index (χ0) is 10.7. The second kappa shape index (κ2) is 4.66. The van der Waals surface area contributed by atoms with Crippen molar-refractivity contribution >= 4 is 0 Å². The van der Waals surface area contributed by atoms with Gasteiger partial charge >= 0.3 is 5.69 Å². The van der Waals surface area contributed by atoms with E-state index in [9.17, 15) is 4.79 Å². The molecule has 0 saturated heterocycles. The lowest BCUT2D eigenvalue weighted by molar-refractivity contribution is 0.126. The number of nitrogens with zero attached hydrogens (tertiary/aromatic N) is 2. The predicted molar refractivity (Wildman–Crippen MR) is 58.1 cm³/mol. The van der Waals surface area contributed by atoms with E-state index < -0.39 is 0 Å². The summed E-state index contributed by atoms with van der Waals surface area (Å²) in [6, 6.07) is 0.468. The van der Waals surface area contributed by atoms with Crippen LogP contribution in [0.5, 0.6) is 0 Å². The standard InChI is InChI=1S/C11H18N2O2/c1-2-8-15-9-7-12-5-6-13(11(12)14)10-3-4-10/h5-6,10H,2-4,7-9H2,1H3. The topological polar surface area (TPSA) is 36.2 Å². The number of imidazole rings is 1. The van der Waals surface area contributed by atoms with Crippen LogP contribution in [-0.4, -0.2) is 22.3 Å². The third-order valence-corrected chi connectivity index (χ3v) is 2.64. The number of aromatic nitrogens is 2. The van der Waals surface area contributed by atoms with Crippen molar-refractivity contribution in [3.63, 3.8) is 0 Å². The first-order valence-electron chi connectivity index (χ1n) is 5.68. The first-order chi connectivity index (χ1) is 7.33. The smallest absolute Gasteiger partial charge is 0.328 e. The highest BCUT2D eigenvalue weighted by Crippen LogP contribution is 2.33. The molecular formula is C11H18N2O2. The van der Waals surface area contributed by atoms with Crippen LogP contribution in [0.2, 0.25) is 0 Å². The SMILES string of the molecule is CCCOCCn1ccn(C2CC2)c1=O. The van der Waals surface area contributed by atoms with Crippen molar-refractivity contribution in [2.24, 2.45) is 0 Å². The van der Waals surface area contributed by atoms with Crippen molar-refractivity contribution in [1.82, 2.24) is 9.13 Å². The minimum atomic E-state index is 0.109. The lowest BCUT2D eigenvalue weighted by Crippen LogP contribution is -2.25. The molecule has 1 aliphatic rings. The molecule has 0 aromatic carbocycles. The Morgan fingerprint density at radius 1 is 1.40 bits per heavy atom. The van der Waals surface area contributed by atoms with Crippen LogP contribution < -0.4 is 5.69 Å². The maximum absolute atomic E-state index is 11.8. The van der Waals surface area contributed by atoms with Gasteiger partial charge in [-0.25, -0.2) is 4.79 Å². The van der Waals surface area contributed by atoms with Crippen molar-refractivity contribution in [3.8, 4) is 0 Å². The van der Waals surface area contributed by atoms with Gasteiger partial charge in [-0.3, -0.25) is 9.13 Å². The molecule has 0 radical (unpaired) electrons. The van der Waals surface area contributed by atoms with E-state index in [2.05, 4.69) is 6.92 Å². The van der Waals surface area contributed by atoms with E-state index in [1.54, 1.807) is 4.57 Å². The van der Waals surface area contributed by atoms with Crippen LogP contribution in [0, 0.1) is 0 Å². The van der Waals surface area contributed by atoms with E-state index in [4.69, 9.17) is 4.74 Å². The highest BCUT2D eigenvalue weighted by atomic mass is 16.5. The van der Waals surface area contributed by atoms with Gasteiger partial charge in [0.25, 0.3) is 0 Å². The molecule has 84 valence electrons. The van der Waals surface area contributed by atoms with E-state index in [1.165, 1.54) is 0 Å². The summed E-state index contributed by atoms with van der Waals surface area (Å²) in [6.07, 6.45) is 7.07. The maximum atomic E-state index is 11.8. The second-order valence-corrected chi connectivity index (χ2v) is 4.02. The maximum Gasteiger partial charge on any atom is 0.328 e. The second-order valence-electron chi connectivity index (χ2n) is 4.02. The van der Waals surface area contributed by atoms with E-state index in [0.717, 1.165) is 25.9 Å². The summed E-state index contributed by atoms with van der Waals surface area (Å²) in [7, 11) is 0. The lowest BCUT2D eigenvalue weighted by Gasteiger charge is -2.02. The highest BCUT2D eigenvalue weighted by Gasteiger charge is 2.25. The molecule has 1 fully saturated rings. The molecule has 2 rings (SSSR count). The quantitative estimate of drug-likeness (QED) is 0.666. The van der Waals surface area contributed by atoms with Crippen LogP contribution in [0.3, 0.4) is 0 Å². The van der Waals surface area contributed by atoms with Crippen LogP contribution in [0.15, 0.2) is 17.2 Å². The van der Waals surface area contributed by atoms with Gasteiger partial charge in [-0.1, -0.05) is 6.92 Å². The summed E-state index contributed by atoms with van der Waals surface area (Å²) in [4.78, 5) is 11.8. The van der Waals surface area contributed by atoms with Gasteiger partial charge < -0.3 is 4.74 Å². The molecule has 0 N–H and O–H groups in total. The van der Waals surface area contributed by atoms with Gasteiger partial charge in [0.1, 0.15) is 0 Å². The first kappa shape index (κ1) is 10.5. The van der Waals surface area contributed by atoms with Crippen LogP contribution in [0.1, 0.15) is 32.2 Å². The summed E-state index contributed by atoms with van der Waals surface area (Å²) in [5.41, 5.74) is 0.109. The molecule has 4 nitrogen and oxygen atoms in total. The Balaban J connectivity index is 1.88. The normalized spacial score (nSPS) is 15.8. The third-order valence-electron chi connectivity index (χ3n) is 2.64. The number of hydrogen-bond donors (Lipinski definition) is 0. The molecule has 1 aromatic rings. The Morgan fingerprint density at radius 3 is 2.87 bits per heavy atom. The van der Waals surface area contributed by atoms with E-state index in [0.29, 0.717) is 19.2 Å². The minimum absolute atomic E-state index is 0.109. The minimum Gasteiger partial charge on any atom is -0.380 e. The van der Waals surface area contributed by atoms with Crippen LogP contribution in [0.4, 0.5) is 0 Å². The summed E-state index contributed by atoms with van der Waals surface area (Å²) in [6.45, 7) is 4.15. The first-order valence-corrected chi connectivity index (χ1v) is 5.68. The van der Waals surface area contributed by atoms with Gasteiger partial charge in [-0.2, -0.15) is 0 Å². The molecule has 15 heavy (non-hydrogen) atoms. The van der Waals surface area contributed by atoms with E-state index in [1.807, 2.05) is 17.0 Å². The number of rotatable bonds is 6. The largest absolute Gasteiger partial charge is 0.380 e. The van der Waals surface area contributed by atoms with Crippen molar-refractivity contribution in [1.29, 1.82) is 0 Å². The molecule has 1 aliphatic carbocycles. The van der Waals surface area contributed by atoms with Gasteiger partial charge in [0.05, 0.1) is 13.2 Å². The molecule has 1 heterocycles. The van der Waals surface area contributed by atoms with Crippen molar-refractivity contribution in [3.05, 3.63) is 22.9 Å². The lowest BCUT2D eigenvalue weighted by atomic mass is 10.5. The van der Waals surface area contributed by atoms with Crippen LogP contribution in [0.25, 0.3) is 0 Å². The molecule has 0 aliphatic heterocycles. The molecule has 0 unspecified atom stereocenters. The van der Waals surface area contributed by atoms with Crippen LogP contribution in [-0.2, 0) is 11.3 Å². The number of ether oxygens (including phenoxy) is 1. The monoisotopic (exact) mass is 210 g/mol. The summed E-state index contributed by atoms with van der Waals surface area (Å²) >= 11 is 0. The molecule has 0 atom stereocenters. The summed E-state index contributed by atoms with van der Waals surface area (Å²) < 4.78 is 8.92. The Bertz CT molecular complexity index is 363. The zero-order valence-electron chi connectivity index (χ0n) is 9.19. The van der Waals surface area contributed by atoms with Gasteiger partial charge in [-0.15, -0.1) is 0 Å². The Kier molecular flexibility index (Phi) is 3.26. The third kappa shape index (κ3) is 2.50. The zero-order valence-corrected chi connectivity index (χ0v) is 9.19. The van der Waals surface area contributed by atoms with Crippen molar-refractivity contribution in [2.75, 3.05) is 13.2 Å². The van der Waals surface area contributed by atoms with Gasteiger partial charge in [-0.05, 0) is 19.3 Å². The summed E-state index contributed by atoms with van der Waals surface area (Å²) in [5.74, 6) is 0. The molecular weight excluding hydrogens is 192 g/mol. The molecule has 1 aromatic heterocycles. The fourth-order valence-electron chi connectivity index (χ4n) is 1.64. The molecule has 0 amide bonds. The van der Waals surface area contributed by atoms with Gasteiger partial charge in [0.2, 0.25) is 0 Å². The predicted octanol–water partition coefficient (Wildman–Crippen LogP) is 1.41. The molecule has 1 saturated carbocycles. The Morgan fingerprint density at radius 2 is 2.20 bits per heavy atom. The van der Waals surface area contributed by atoms with Crippen molar-refractivity contribution in [2.45, 2.75) is 38.8 Å². The Hall–Kier alpha value is -1.03. The van der Waals surface area contributed by atoms with Crippen molar-refractivity contribution < 1.29 is 4.74 Å². The molecule has 0 spiro atoms. The molecule has 0 bridgehead atoms. The highest BCUT2D eigenvalue weighted by molar-refractivity contribution is 4.91. The van der Waals surface area contributed by atoms with Gasteiger partial charge in [0.15, 0.2) is 0 Å². The fourth-order valence-corrected chi connectivity index (χ4v) is 1.64. The van der Waals surface area contributed by atoms with Gasteiger partial charge in [0, 0.05) is 25.0 Å². The summed E-state index contributed by atoms with van der Waals surface area (Å²) in [5, 5.41) is 0. The van der Waals surface area contributed by atoms with E-state index >= 15 is 0 Å². The fraction of sp³-hybridized carbons (Fsp3) is 0.727. The van der Waals surface area contributed by atoms with Crippen LogP contribution >= 0.6 is 0 Å². The number of hydrogen-bond acceptors (Lipinski definition) is 2. The molecule has 4 heteroatoms. The van der Waals surface area contributed by atoms with E-state index in [-0.39, 0.29) is 5.69 Å². The Labute approximate surface area is 89.5 Å². The average molecular weight is 210 g/mol. The average Bonchev–Trinajstić information content (AvgIpc) is 3.00.